The Morgan fingerprint density at radius 2 is 2.00 bits per heavy atom. The van der Waals surface area contributed by atoms with E-state index >= 15 is 0 Å². The van der Waals surface area contributed by atoms with Crippen LogP contribution in [0.3, 0.4) is 0 Å². The molecule has 3 aromatic rings. The number of benzene rings is 2. The van der Waals surface area contributed by atoms with Gasteiger partial charge in [-0.25, -0.2) is 8.42 Å². The molecule has 0 unspecified atom stereocenters. The third-order valence-corrected chi connectivity index (χ3v) is 6.62. The monoisotopic (exact) mass is 455 g/mol. The number of methoxy groups -OCH3 is 1. The molecule has 1 aromatic heterocycles. The summed E-state index contributed by atoms with van der Waals surface area (Å²) in [5, 5.41) is 2.89. The molecule has 1 heterocycles. The van der Waals surface area contributed by atoms with Crippen molar-refractivity contribution in [2.75, 3.05) is 29.5 Å². The van der Waals surface area contributed by atoms with Crippen LogP contribution in [0.2, 0.25) is 5.02 Å². The molecule has 2 aromatic carbocycles. The van der Waals surface area contributed by atoms with Gasteiger partial charge in [-0.3, -0.25) is 13.9 Å². The van der Waals surface area contributed by atoms with Gasteiger partial charge in [0.25, 0.3) is 0 Å². The molecule has 0 bridgehead atoms. The molecule has 0 saturated heterocycles. The van der Waals surface area contributed by atoms with E-state index in [0.29, 0.717) is 11.4 Å². The van der Waals surface area contributed by atoms with Crippen molar-refractivity contribution < 1.29 is 17.9 Å². The summed E-state index contributed by atoms with van der Waals surface area (Å²) in [5.41, 5.74) is 1.46. The molecule has 3 rings (SSSR count). The van der Waals surface area contributed by atoms with Crippen LogP contribution >= 0.6 is 22.9 Å². The van der Waals surface area contributed by atoms with Crippen LogP contribution in [-0.2, 0) is 21.9 Å². The zero-order chi connectivity index (χ0) is 21.3. The maximum absolute atomic E-state index is 12.5. The molecule has 0 saturated carbocycles. The highest BCUT2D eigenvalue weighted by Crippen LogP contribution is 2.30. The Morgan fingerprint density at radius 3 is 2.62 bits per heavy atom. The van der Waals surface area contributed by atoms with Gasteiger partial charge in [-0.15, -0.1) is 0 Å². The fraction of sp³-hybridized carbons (Fsp3) is 0.222. The second kappa shape index (κ2) is 8.05. The highest BCUT2D eigenvalue weighted by atomic mass is 35.5. The molecular weight excluding hydrogens is 438 g/mol. The number of hydrogen-bond acceptors (Lipinski definition) is 6. The summed E-state index contributed by atoms with van der Waals surface area (Å²) in [6, 6.07) is 9.50. The number of carbonyl (C=O) groups is 1. The van der Waals surface area contributed by atoms with E-state index < -0.39 is 22.5 Å². The van der Waals surface area contributed by atoms with Crippen LogP contribution in [0.1, 0.15) is 0 Å². The van der Waals surface area contributed by atoms with E-state index in [1.165, 1.54) is 29.9 Å². The van der Waals surface area contributed by atoms with Crippen molar-refractivity contribution in [2.45, 2.75) is 0 Å². The quantitative estimate of drug-likeness (QED) is 0.616. The van der Waals surface area contributed by atoms with Crippen molar-refractivity contribution in [3.63, 3.8) is 0 Å². The minimum absolute atomic E-state index is 0.108. The topological polar surface area (TPSA) is 97.7 Å². The summed E-state index contributed by atoms with van der Waals surface area (Å²) in [5.74, 6) is -0.145. The average molecular weight is 456 g/mol. The minimum Gasteiger partial charge on any atom is -0.495 e. The molecule has 0 atom stereocenters. The van der Waals surface area contributed by atoms with Gasteiger partial charge >= 0.3 is 4.87 Å². The Morgan fingerprint density at radius 1 is 1.28 bits per heavy atom. The number of thiazole rings is 1. The van der Waals surface area contributed by atoms with Crippen molar-refractivity contribution >= 4 is 60.5 Å². The van der Waals surface area contributed by atoms with Gasteiger partial charge in [0, 0.05) is 12.7 Å². The van der Waals surface area contributed by atoms with Crippen molar-refractivity contribution in [2.24, 2.45) is 7.05 Å². The highest BCUT2D eigenvalue weighted by Gasteiger charge is 2.22. The third-order valence-electron chi connectivity index (χ3n) is 4.19. The Hall–Kier alpha value is -2.56. The number of nitrogens with zero attached hydrogens (tertiary/aromatic N) is 2. The number of anilines is 2. The number of fused-ring (bicyclic) bond motifs is 1. The van der Waals surface area contributed by atoms with Gasteiger partial charge in [0.2, 0.25) is 15.9 Å². The second-order valence-corrected chi connectivity index (χ2v) is 9.55. The Bertz CT molecular complexity index is 1250. The minimum atomic E-state index is -3.75. The molecule has 8 nitrogen and oxygen atoms in total. The standard InChI is InChI=1S/C18H18ClN3O5S2/c1-21-14-6-4-11(8-16(14)28-18(21)24)20-17(23)10-22(29(3,25)26)12-5-7-15(27-2)13(19)9-12/h4-9H,10H2,1-3H3,(H,20,23). The maximum atomic E-state index is 12.5. The van der Waals surface area contributed by atoms with E-state index in [1.807, 2.05) is 0 Å². The third kappa shape index (κ3) is 4.55. The molecule has 1 N–H and O–H groups in total. The molecule has 0 aliphatic carbocycles. The summed E-state index contributed by atoms with van der Waals surface area (Å²) in [7, 11) is -0.631. The van der Waals surface area contributed by atoms with Gasteiger partial charge < -0.3 is 14.6 Å². The van der Waals surface area contributed by atoms with Gasteiger partial charge in [-0.1, -0.05) is 22.9 Å². The van der Waals surface area contributed by atoms with Gasteiger partial charge in [0.1, 0.15) is 12.3 Å². The number of hydrogen-bond donors (Lipinski definition) is 1. The number of carbonyl (C=O) groups excluding carboxylic acids is 1. The van der Waals surface area contributed by atoms with E-state index in [-0.39, 0.29) is 15.6 Å². The van der Waals surface area contributed by atoms with E-state index in [4.69, 9.17) is 16.3 Å². The first kappa shape index (κ1) is 21.2. The van der Waals surface area contributed by atoms with Crippen LogP contribution in [-0.4, -0.2) is 38.8 Å². The molecule has 0 spiro atoms. The first-order valence-electron chi connectivity index (χ1n) is 8.31. The normalized spacial score (nSPS) is 11.4. The first-order valence-corrected chi connectivity index (χ1v) is 11.3. The SMILES string of the molecule is COc1ccc(N(CC(=O)Nc2ccc3c(c2)sc(=O)n3C)S(C)(=O)=O)cc1Cl. The van der Waals surface area contributed by atoms with Crippen LogP contribution in [0.4, 0.5) is 11.4 Å². The lowest BCUT2D eigenvalue weighted by Crippen LogP contribution is -2.37. The Kier molecular flexibility index (Phi) is 5.87. The fourth-order valence-corrected chi connectivity index (χ4v) is 4.77. The van der Waals surface area contributed by atoms with Gasteiger partial charge in [0.15, 0.2) is 0 Å². The van der Waals surface area contributed by atoms with Gasteiger partial charge in [-0.2, -0.15) is 0 Å². The highest BCUT2D eigenvalue weighted by molar-refractivity contribution is 7.92. The Balaban J connectivity index is 1.84. The lowest BCUT2D eigenvalue weighted by atomic mass is 10.3. The fourth-order valence-electron chi connectivity index (χ4n) is 2.75. The number of rotatable bonds is 6. The van der Waals surface area contributed by atoms with Crippen LogP contribution in [0.15, 0.2) is 41.2 Å². The number of sulfonamides is 1. The molecule has 0 fully saturated rings. The average Bonchev–Trinajstić information content (AvgIpc) is 2.92. The van der Waals surface area contributed by atoms with Crippen LogP contribution in [0.5, 0.6) is 5.75 Å². The summed E-state index contributed by atoms with van der Waals surface area (Å²) in [6.45, 7) is -0.440. The lowest BCUT2D eigenvalue weighted by Gasteiger charge is -2.22. The van der Waals surface area contributed by atoms with E-state index in [9.17, 15) is 18.0 Å². The number of ether oxygens (including phenoxy) is 1. The van der Waals surface area contributed by atoms with Crippen LogP contribution in [0, 0.1) is 0 Å². The summed E-state index contributed by atoms with van der Waals surface area (Å²) >= 11 is 7.15. The van der Waals surface area contributed by atoms with Crippen LogP contribution in [0.25, 0.3) is 10.2 Å². The lowest BCUT2D eigenvalue weighted by molar-refractivity contribution is -0.114. The molecule has 1 amide bonds. The maximum Gasteiger partial charge on any atom is 0.307 e. The molecule has 29 heavy (non-hydrogen) atoms. The van der Waals surface area contributed by atoms with Gasteiger partial charge in [-0.05, 0) is 36.4 Å². The predicted molar refractivity (Wildman–Crippen MR) is 116 cm³/mol. The van der Waals surface area contributed by atoms with Gasteiger partial charge in [0.05, 0.1) is 34.3 Å². The predicted octanol–water partition coefficient (Wildman–Crippen LogP) is 2.67. The number of halogens is 1. The molecule has 154 valence electrons. The zero-order valence-electron chi connectivity index (χ0n) is 15.8. The Labute approximate surface area is 176 Å². The molecule has 0 radical (unpaired) electrons. The first-order chi connectivity index (χ1) is 13.6. The number of aryl methyl sites for hydroxylation is 1. The zero-order valence-corrected chi connectivity index (χ0v) is 18.2. The van der Waals surface area contributed by atoms with E-state index in [2.05, 4.69) is 5.32 Å². The second-order valence-electron chi connectivity index (χ2n) is 6.25. The summed E-state index contributed by atoms with van der Waals surface area (Å²) < 4.78 is 32.7. The van der Waals surface area contributed by atoms with Crippen molar-refractivity contribution in [1.29, 1.82) is 0 Å². The number of nitrogens with one attached hydrogen (secondary N) is 1. The number of amides is 1. The number of aromatic nitrogens is 1. The van der Waals surface area contributed by atoms with Crippen molar-refractivity contribution in [1.82, 2.24) is 4.57 Å². The molecular formula is C18H18ClN3O5S2. The van der Waals surface area contributed by atoms with Crippen molar-refractivity contribution in [3.05, 3.63) is 51.1 Å². The molecule has 0 aliphatic heterocycles. The summed E-state index contributed by atoms with van der Waals surface area (Å²) in [6.07, 6.45) is 1.01. The molecule has 11 heteroatoms. The van der Waals surface area contributed by atoms with Crippen molar-refractivity contribution in [3.8, 4) is 5.75 Å². The summed E-state index contributed by atoms with van der Waals surface area (Å²) in [4.78, 5) is 24.2. The largest absolute Gasteiger partial charge is 0.495 e. The smallest absolute Gasteiger partial charge is 0.307 e. The molecule has 0 aliphatic rings. The van der Waals surface area contributed by atoms with E-state index in [1.54, 1.807) is 25.2 Å². The van der Waals surface area contributed by atoms with Crippen LogP contribution < -0.4 is 19.2 Å². The van der Waals surface area contributed by atoms with E-state index in [0.717, 1.165) is 32.1 Å².